The standard InChI is InChI=1S/C13H15IN4OS2/c1-8(2)15-12-17-18-13(21-12)20-7-11(19)16-10-5-3-9(14)4-6-10/h3-6,8H,7H2,1-2H3,(H,15,17)(H,16,19). The maximum absolute atomic E-state index is 11.9. The molecule has 0 aliphatic heterocycles. The third-order valence-corrected chi connectivity index (χ3v) is 4.98. The van der Waals surface area contributed by atoms with Crippen molar-refractivity contribution in [1.82, 2.24) is 10.2 Å². The van der Waals surface area contributed by atoms with Crippen LogP contribution in [0.4, 0.5) is 10.8 Å². The van der Waals surface area contributed by atoms with Crippen molar-refractivity contribution >= 4 is 62.4 Å². The van der Waals surface area contributed by atoms with E-state index in [-0.39, 0.29) is 5.91 Å². The van der Waals surface area contributed by atoms with Crippen molar-refractivity contribution in [2.75, 3.05) is 16.4 Å². The second kappa shape index (κ2) is 7.95. The van der Waals surface area contributed by atoms with E-state index in [0.717, 1.165) is 18.7 Å². The molecule has 1 aromatic heterocycles. The third-order valence-electron chi connectivity index (χ3n) is 2.27. The highest BCUT2D eigenvalue weighted by Gasteiger charge is 2.09. The van der Waals surface area contributed by atoms with Crippen molar-refractivity contribution in [3.05, 3.63) is 27.8 Å². The summed E-state index contributed by atoms with van der Waals surface area (Å²) in [5.74, 6) is 0.275. The number of carbonyl (C=O) groups is 1. The number of benzene rings is 1. The molecule has 0 unspecified atom stereocenters. The normalized spacial score (nSPS) is 10.7. The van der Waals surface area contributed by atoms with Crippen LogP contribution in [-0.4, -0.2) is 27.9 Å². The third kappa shape index (κ3) is 5.79. The first kappa shape index (κ1) is 16.5. The number of nitrogens with one attached hydrogen (secondary N) is 2. The maximum Gasteiger partial charge on any atom is 0.234 e. The zero-order chi connectivity index (χ0) is 15.2. The lowest BCUT2D eigenvalue weighted by atomic mass is 10.3. The quantitative estimate of drug-likeness (QED) is 0.536. The molecule has 1 amide bonds. The predicted octanol–water partition coefficient (Wildman–Crippen LogP) is 3.69. The summed E-state index contributed by atoms with van der Waals surface area (Å²) < 4.78 is 1.93. The Bertz CT molecular complexity index is 600. The molecule has 0 atom stereocenters. The van der Waals surface area contributed by atoms with Crippen molar-refractivity contribution < 1.29 is 4.79 Å². The number of hydrogen-bond acceptors (Lipinski definition) is 6. The van der Waals surface area contributed by atoms with E-state index in [9.17, 15) is 4.79 Å². The highest BCUT2D eigenvalue weighted by molar-refractivity contribution is 14.1. The summed E-state index contributed by atoms with van der Waals surface area (Å²) in [6.45, 7) is 4.09. The van der Waals surface area contributed by atoms with Gasteiger partial charge in [0, 0.05) is 15.3 Å². The monoisotopic (exact) mass is 434 g/mol. The van der Waals surface area contributed by atoms with Crippen LogP contribution in [0, 0.1) is 3.57 Å². The van der Waals surface area contributed by atoms with E-state index < -0.39 is 0 Å². The minimum atomic E-state index is -0.0465. The zero-order valence-electron chi connectivity index (χ0n) is 11.6. The molecule has 2 N–H and O–H groups in total. The Kier molecular flexibility index (Phi) is 6.24. The lowest BCUT2D eigenvalue weighted by molar-refractivity contribution is -0.113. The fraction of sp³-hybridized carbons (Fsp3) is 0.308. The van der Waals surface area contributed by atoms with E-state index in [1.54, 1.807) is 0 Å². The molecule has 1 heterocycles. The molecule has 112 valence electrons. The highest BCUT2D eigenvalue weighted by Crippen LogP contribution is 2.25. The molecule has 0 aliphatic rings. The molecule has 0 saturated heterocycles. The first-order chi connectivity index (χ1) is 10.0. The van der Waals surface area contributed by atoms with Crippen molar-refractivity contribution in [2.45, 2.75) is 24.2 Å². The SMILES string of the molecule is CC(C)Nc1nnc(SCC(=O)Nc2ccc(I)cc2)s1. The molecule has 0 radical (unpaired) electrons. The minimum absolute atomic E-state index is 0.0465. The lowest BCUT2D eigenvalue weighted by Crippen LogP contribution is -2.13. The van der Waals surface area contributed by atoms with Crippen LogP contribution >= 0.6 is 45.7 Å². The Morgan fingerprint density at radius 2 is 2.05 bits per heavy atom. The van der Waals surface area contributed by atoms with Crippen LogP contribution in [0.1, 0.15) is 13.8 Å². The maximum atomic E-state index is 11.9. The molecule has 8 heteroatoms. The molecule has 1 aromatic carbocycles. The van der Waals surface area contributed by atoms with E-state index >= 15 is 0 Å². The number of carbonyl (C=O) groups excluding carboxylic acids is 1. The summed E-state index contributed by atoms with van der Waals surface area (Å²) in [4.78, 5) is 11.9. The number of nitrogens with zero attached hydrogens (tertiary/aromatic N) is 2. The molecule has 21 heavy (non-hydrogen) atoms. The molecule has 0 spiro atoms. The summed E-state index contributed by atoms with van der Waals surface area (Å²) in [6, 6.07) is 8.01. The highest BCUT2D eigenvalue weighted by atomic mass is 127. The largest absolute Gasteiger partial charge is 0.358 e. The molecule has 0 aliphatic carbocycles. The smallest absolute Gasteiger partial charge is 0.234 e. The van der Waals surface area contributed by atoms with Gasteiger partial charge in [0.2, 0.25) is 11.0 Å². The zero-order valence-corrected chi connectivity index (χ0v) is 15.4. The topological polar surface area (TPSA) is 66.9 Å². The van der Waals surface area contributed by atoms with Gasteiger partial charge in [-0.05, 0) is 60.7 Å². The van der Waals surface area contributed by atoms with Crippen LogP contribution in [-0.2, 0) is 4.79 Å². The average molecular weight is 434 g/mol. The summed E-state index contributed by atoms with van der Waals surface area (Å²) >= 11 is 5.08. The van der Waals surface area contributed by atoms with Crippen molar-refractivity contribution in [3.63, 3.8) is 0 Å². The first-order valence-electron chi connectivity index (χ1n) is 6.31. The van der Waals surface area contributed by atoms with E-state index in [1.807, 2.05) is 38.1 Å². The summed E-state index contributed by atoms with van der Waals surface area (Å²) in [6.07, 6.45) is 0. The van der Waals surface area contributed by atoms with Crippen LogP contribution < -0.4 is 10.6 Å². The predicted molar refractivity (Wildman–Crippen MR) is 97.2 cm³/mol. The number of anilines is 2. The summed E-state index contributed by atoms with van der Waals surface area (Å²) in [5, 5.41) is 14.9. The fourth-order valence-electron chi connectivity index (χ4n) is 1.43. The Morgan fingerprint density at radius 3 is 2.71 bits per heavy atom. The number of halogens is 1. The van der Waals surface area contributed by atoms with Gasteiger partial charge >= 0.3 is 0 Å². The minimum Gasteiger partial charge on any atom is -0.358 e. The van der Waals surface area contributed by atoms with Gasteiger partial charge in [-0.15, -0.1) is 10.2 Å². The Labute approximate surface area is 145 Å². The van der Waals surface area contributed by atoms with Crippen molar-refractivity contribution in [1.29, 1.82) is 0 Å². The van der Waals surface area contributed by atoms with Gasteiger partial charge < -0.3 is 10.6 Å². The molecular weight excluding hydrogens is 419 g/mol. The number of rotatable bonds is 6. The molecule has 2 rings (SSSR count). The first-order valence-corrected chi connectivity index (χ1v) is 9.19. The molecule has 0 fully saturated rings. The summed E-state index contributed by atoms with van der Waals surface area (Å²) in [7, 11) is 0. The van der Waals surface area contributed by atoms with Gasteiger partial charge in [0.05, 0.1) is 5.75 Å². The van der Waals surface area contributed by atoms with E-state index in [0.29, 0.717) is 11.8 Å². The number of aromatic nitrogens is 2. The van der Waals surface area contributed by atoms with Gasteiger partial charge in [0.15, 0.2) is 4.34 Å². The molecular formula is C13H15IN4OS2. The van der Waals surface area contributed by atoms with Gasteiger partial charge in [-0.2, -0.15) is 0 Å². The van der Waals surface area contributed by atoms with Crippen LogP contribution in [0.5, 0.6) is 0 Å². The fourth-order valence-corrected chi connectivity index (χ4v) is 3.49. The van der Waals surface area contributed by atoms with Gasteiger partial charge in [-0.1, -0.05) is 23.1 Å². The number of amides is 1. The van der Waals surface area contributed by atoms with Gasteiger partial charge in [-0.25, -0.2) is 0 Å². The molecule has 0 bridgehead atoms. The molecule has 5 nitrogen and oxygen atoms in total. The van der Waals surface area contributed by atoms with Gasteiger partial charge in [-0.3, -0.25) is 4.79 Å². The molecule has 2 aromatic rings. The lowest BCUT2D eigenvalue weighted by Gasteiger charge is -2.04. The summed E-state index contributed by atoms with van der Waals surface area (Å²) in [5.41, 5.74) is 0.806. The van der Waals surface area contributed by atoms with Crippen LogP contribution in [0.15, 0.2) is 28.6 Å². The Balaban J connectivity index is 1.81. The van der Waals surface area contributed by atoms with E-state index in [4.69, 9.17) is 0 Å². The Hall–Kier alpha value is -0.870. The van der Waals surface area contributed by atoms with Gasteiger partial charge in [0.25, 0.3) is 0 Å². The van der Waals surface area contributed by atoms with Crippen LogP contribution in [0.3, 0.4) is 0 Å². The second-order valence-electron chi connectivity index (χ2n) is 4.52. The van der Waals surface area contributed by atoms with Crippen molar-refractivity contribution in [3.8, 4) is 0 Å². The molecule has 0 saturated carbocycles. The van der Waals surface area contributed by atoms with Gasteiger partial charge in [0.1, 0.15) is 0 Å². The van der Waals surface area contributed by atoms with E-state index in [2.05, 4.69) is 43.4 Å². The van der Waals surface area contributed by atoms with Crippen LogP contribution in [0.2, 0.25) is 0 Å². The van der Waals surface area contributed by atoms with E-state index in [1.165, 1.54) is 23.1 Å². The average Bonchev–Trinajstić information content (AvgIpc) is 2.86. The number of hydrogen-bond donors (Lipinski definition) is 2. The van der Waals surface area contributed by atoms with Crippen LogP contribution in [0.25, 0.3) is 0 Å². The Morgan fingerprint density at radius 1 is 1.33 bits per heavy atom. The second-order valence-corrected chi connectivity index (χ2v) is 7.96. The van der Waals surface area contributed by atoms with Crippen molar-refractivity contribution in [2.24, 2.45) is 0 Å². The number of thioether (sulfide) groups is 1.